The quantitative estimate of drug-likeness (QED) is 0.576. The highest BCUT2D eigenvalue weighted by molar-refractivity contribution is 5.73. The van der Waals surface area contributed by atoms with E-state index in [0.717, 1.165) is 0 Å². The highest BCUT2D eigenvalue weighted by atomic mass is 16.5. The van der Waals surface area contributed by atoms with Crippen LogP contribution in [0.25, 0.3) is 0 Å². The second-order valence-corrected chi connectivity index (χ2v) is 2.90. The van der Waals surface area contributed by atoms with Gasteiger partial charge in [-0.2, -0.15) is 0 Å². The van der Waals surface area contributed by atoms with E-state index in [0.29, 0.717) is 6.29 Å². The minimum Gasteiger partial charge on any atom is -0.453 e. The summed E-state index contributed by atoms with van der Waals surface area (Å²) in [5, 5.41) is 11.5. The van der Waals surface area contributed by atoms with Crippen molar-refractivity contribution in [2.75, 3.05) is 7.11 Å². The molecule has 0 radical (unpaired) electrons. The SMILES string of the molecule is COC(=O)NC(C=O)C(C)(C)O. The molecule has 0 aliphatic heterocycles. The van der Waals surface area contributed by atoms with Crippen LogP contribution in [0, 0.1) is 0 Å². The number of aliphatic hydroxyl groups is 1. The maximum Gasteiger partial charge on any atom is 0.407 e. The zero-order valence-electron chi connectivity index (χ0n) is 7.33. The van der Waals surface area contributed by atoms with Crippen LogP contribution < -0.4 is 5.32 Å². The van der Waals surface area contributed by atoms with Crippen molar-refractivity contribution in [3.05, 3.63) is 0 Å². The lowest BCUT2D eigenvalue weighted by Crippen LogP contribution is -2.50. The van der Waals surface area contributed by atoms with Gasteiger partial charge < -0.3 is 20.0 Å². The lowest BCUT2D eigenvalue weighted by Gasteiger charge is -2.24. The van der Waals surface area contributed by atoms with E-state index in [2.05, 4.69) is 10.1 Å². The van der Waals surface area contributed by atoms with E-state index in [9.17, 15) is 14.7 Å². The number of hydrogen-bond donors (Lipinski definition) is 2. The first-order valence-corrected chi connectivity index (χ1v) is 3.44. The van der Waals surface area contributed by atoms with Crippen LogP contribution in [-0.4, -0.2) is 36.2 Å². The molecule has 0 saturated heterocycles. The third-order valence-electron chi connectivity index (χ3n) is 1.36. The molecule has 5 nitrogen and oxygen atoms in total. The van der Waals surface area contributed by atoms with E-state index < -0.39 is 17.7 Å². The number of hydrogen-bond acceptors (Lipinski definition) is 4. The highest BCUT2D eigenvalue weighted by Crippen LogP contribution is 2.05. The number of ether oxygens (including phenoxy) is 1. The van der Waals surface area contributed by atoms with Crippen molar-refractivity contribution in [2.45, 2.75) is 25.5 Å². The Morgan fingerprint density at radius 1 is 1.67 bits per heavy atom. The standard InChI is InChI=1S/C7H13NO4/c1-7(2,11)5(4-9)8-6(10)12-3/h4-5,11H,1-3H3,(H,8,10). The summed E-state index contributed by atoms with van der Waals surface area (Å²) < 4.78 is 4.26. The van der Waals surface area contributed by atoms with Gasteiger partial charge in [-0.1, -0.05) is 0 Å². The van der Waals surface area contributed by atoms with Gasteiger partial charge >= 0.3 is 6.09 Å². The summed E-state index contributed by atoms with van der Waals surface area (Å²) >= 11 is 0. The van der Waals surface area contributed by atoms with Crippen molar-refractivity contribution >= 4 is 12.4 Å². The van der Waals surface area contributed by atoms with Gasteiger partial charge in [0.2, 0.25) is 0 Å². The van der Waals surface area contributed by atoms with Gasteiger partial charge in [-0.25, -0.2) is 4.79 Å². The predicted molar refractivity (Wildman–Crippen MR) is 41.7 cm³/mol. The fourth-order valence-corrected chi connectivity index (χ4v) is 0.563. The maximum absolute atomic E-state index is 10.6. The topological polar surface area (TPSA) is 75.6 Å². The first-order valence-electron chi connectivity index (χ1n) is 3.44. The number of carbonyl (C=O) groups is 2. The summed E-state index contributed by atoms with van der Waals surface area (Å²) in [5.74, 6) is 0. The van der Waals surface area contributed by atoms with Crippen LogP contribution in [-0.2, 0) is 9.53 Å². The Labute approximate surface area is 70.7 Å². The van der Waals surface area contributed by atoms with E-state index in [4.69, 9.17) is 0 Å². The largest absolute Gasteiger partial charge is 0.453 e. The van der Waals surface area contributed by atoms with Gasteiger partial charge in [0, 0.05) is 0 Å². The normalized spacial score (nSPS) is 13.3. The molecule has 12 heavy (non-hydrogen) atoms. The Morgan fingerprint density at radius 2 is 2.17 bits per heavy atom. The molecule has 0 aliphatic rings. The lowest BCUT2D eigenvalue weighted by atomic mass is 10.0. The molecule has 70 valence electrons. The first kappa shape index (κ1) is 10.9. The molecular weight excluding hydrogens is 162 g/mol. The van der Waals surface area contributed by atoms with E-state index in [1.807, 2.05) is 0 Å². The van der Waals surface area contributed by atoms with Crippen LogP contribution in [0.4, 0.5) is 4.79 Å². The Morgan fingerprint density at radius 3 is 2.42 bits per heavy atom. The van der Waals surface area contributed by atoms with Crippen molar-refractivity contribution < 1.29 is 19.4 Å². The number of nitrogens with one attached hydrogen (secondary N) is 1. The second-order valence-electron chi connectivity index (χ2n) is 2.90. The molecule has 2 N–H and O–H groups in total. The molecule has 1 amide bonds. The molecular formula is C7H13NO4. The summed E-state index contributed by atoms with van der Waals surface area (Å²) in [5.41, 5.74) is -1.28. The van der Waals surface area contributed by atoms with Crippen LogP contribution in [0.15, 0.2) is 0 Å². The molecule has 0 aromatic heterocycles. The average Bonchev–Trinajstić information content (AvgIpc) is 1.97. The molecule has 0 fully saturated rings. The number of aldehydes is 1. The molecule has 5 heteroatoms. The zero-order chi connectivity index (χ0) is 9.78. The number of methoxy groups -OCH3 is 1. The van der Waals surface area contributed by atoms with E-state index in [1.54, 1.807) is 0 Å². The Kier molecular flexibility index (Phi) is 3.69. The Hall–Kier alpha value is -1.10. The van der Waals surface area contributed by atoms with Crippen LogP contribution >= 0.6 is 0 Å². The number of rotatable bonds is 3. The minimum atomic E-state index is -1.28. The molecule has 0 spiro atoms. The number of amides is 1. The van der Waals surface area contributed by atoms with Gasteiger partial charge in [0.1, 0.15) is 12.3 Å². The summed E-state index contributed by atoms with van der Waals surface area (Å²) in [6, 6.07) is -0.954. The van der Waals surface area contributed by atoms with E-state index in [1.165, 1.54) is 21.0 Å². The van der Waals surface area contributed by atoms with Crippen LogP contribution in [0.1, 0.15) is 13.8 Å². The number of carbonyl (C=O) groups excluding carboxylic acids is 2. The molecule has 0 saturated carbocycles. The molecule has 0 aromatic carbocycles. The average molecular weight is 175 g/mol. The van der Waals surface area contributed by atoms with Gasteiger partial charge in [0.25, 0.3) is 0 Å². The van der Waals surface area contributed by atoms with Crippen molar-refractivity contribution in [3.63, 3.8) is 0 Å². The second kappa shape index (κ2) is 4.06. The van der Waals surface area contributed by atoms with Crippen molar-refractivity contribution in [1.29, 1.82) is 0 Å². The predicted octanol–water partition coefficient (Wildman–Crippen LogP) is -0.319. The van der Waals surface area contributed by atoms with Gasteiger partial charge in [-0.05, 0) is 13.8 Å². The minimum absolute atomic E-state index is 0.455. The van der Waals surface area contributed by atoms with Crippen LogP contribution in [0.3, 0.4) is 0 Å². The zero-order valence-corrected chi connectivity index (χ0v) is 7.33. The lowest BCUT2D eigenvalue weighted by molar-refractivity contribution is -0.114. The molecule has 0 aromatic rings. The summed E-state index contributed by atoms with van der Waals surface area (Å²) in [6.07, 6.45) is -0.286. The Balaban J connectivity index is 4.19. The monoisotopic (exact) mass is 175 g/mol. The fourth-order valence-electron chi connectivity index (χ4n) is 0.563. The van der Waals surface area contributed by atoms with E-state index >= 15 is 0 Å². The van der Waals surface area contributed by atoms with Crippen molar-refractivity contribution in [1.82, 2.24) is 5.32 Å². The van der Waals surface area contributed by atoms with Gasteiger partial charge in [-0.3, -0.25) is 0 Å². The summed E-state index contributed by atoms with van der Waals surface area (Å²) in [4.78, 5) is 21.0. The maximum atomic E-state index is 10.6. The molecule has 1 atom stereocenters. The molecule has 1 unspecified atom stereocenters. The first-order chi connectivity index (χ1) is 5.41. The van der Waals surface area contributed by atoms with Crippen LogP contribution in [0.2, 0.25) is 0 Å². The highest BCUT2D eigenvalue weighted by Gasteiger charge is 2.27. The van der Waals surface area contributed by atoms with Gasteiger partial charge in [-0.15, -0.1) is 0 Å². The molecule has 0 heterocycles. The number of alkyl carbamates (subject to hydrolysis) is 1. The summed E-state index contributed by atoms with van der Waals surface area (Å²) in [6.45, 7) is 2.84. The van der Waals surface area contributed by atoms with Crippen molar-refractivity contribution in [2.24, 2.45) is 0 Å². The third-order valence-corrected chi connectivity index (χ3v) is 1.36. The van der Waals surface area contributed by atoms with E-state index in [-0.39, 0.29) is 0 Å². The molecule has 0 rings (SSSR count). The fraction of sp³-hybridized carbons (Fsp3) is 0.714. The van der Waals surface area contributed by atoms with Gasteiger partial charge in [0.05, 0.1) is 12.7 Å². The Bertz CT molecular complexity index is 173. The van der Waals surface area contributed by atoms with Gasteiger partial charge in [0.15, 0.2) is 0 Å². The third kappa shape index (κ3) is 3.34. The molecule has 0 aliphatic carbocycles. The van der Waals surface area contributed by atoms with Crippen molar-refractivity contribution in [3.8, 4) is 0 Å². The summed E-state index contributed by atoms with van der Waals surface area (Å²) in [7, 11) is 1.18. The smallest absolute Gasteiger partial charge is 0.407 e. The van der Waals surface area contributed by atoms with Crippen LogP contribution in [0.5, 0.6) is 0 Å². The molecule has 0 bridgehead atoms.